The van der Waals surface area contributed by atoms with Gasteiger partial charge in [-0.25, -0.2) is 9.97 Å². The van der Waals surface area contributed by atoms with Gasteiger partial charge in [-0.3, -0.25) is 0 Å². The zero-order valence-corrected chi connectivity index (χ0v) is 13.0. The molecule has 1 fully saturated rings. The summed E-state index contributed by atoms with van der Waals surface area (Å²) in [4.78, 5) is 11.5. The Bertz CT molecular complexity index is 522. The van der Waals surface area contributed by atoms with Gasteiger partial charge in [0.15, 0.2) is 0 Å². The monoisotopic (exact) mass is 289 g/mol. The molecule has 0 aromatic carbocycles. The van der Waals surface area contributed by atoms with Crippen LogP contribution in [-0.2, 0) is 4.74 Å². The molecule has 1 aromatic rings. The summed E-state index contributed by atoms with van der Waals surface area (Å²) in [5.74, 6) is 3.21. The van der Waals surface area contributed by atoms with Crippen molar-refractivity contribution in [2.24, 2.45) is 0 Å². The number of hydrogen-bond acceptors (Lipinski definition) is 6. The lowest BCUT2D eigenvalue weighted by atomic mass is 10.2. The molecule has 1 aromatic heterocycles. The minimum Gasteiger partial charge on any atom is -0.383 e. The number of methoxy groups -OCH3 is 1. The Labute approximate surface area is 126 Å². The summed E-state index contributed by atoms with van der Waals surface area (Å²) in [5.41, 5.74) is 1.02. The van der Waals surface area contributed by atoms with Gasteiger partial charge in [0.05, 0.1) is 19.1 Å². The number of rotatable bonds is 8. The molecule has 1 aliphatic rings. The molecule has 21 heavy (non-hydrogen) atoms. The molecule has 0 bridgehead atoms. The van der Waals surface area contributed by atoms with E-state index in [1.165, 1.54) is 12.8 Å². The molecule has 0 amide bonds. The van der Waals surface area contributed by atoms with Crippen molar-refractivity contribution in [2.45, 2.75) is 32.1 Å². The largest absolute Gasteiger partial charge is 0.383 e. The molecule has 6 heteroatoms. The van der Waals surface area contributed by atoms with Crippen LogP contribution in [0, 0.1) is 18.3 Å². The fraction of sp³-hybridized carbons (Fsp3) is 0.667. The van der Waals surface area contributed by atoms with Crippen molar-refractivity contribution in [3.05, 3.63) is 11.4 Å². The van der Waals surface area contributed by atoms with Crippen molar-refractivity contribution >= 4 is 11.6 Å². The maximum Gasteiger partial charge on any atom is 0.137 e. The Morgan fingerprint density at radius 1 is 1.38 bits per heavy atom. The molecule has 1 heterocycles. The third kappa shape index (κ3) is 3.82. The predicted octanol–water partition coefficient (Wildman–Crippen LogP) is 2.07. The minimum atomic E-state index is 0.473. The summed E-state index contributed by atoms with van der Waals surface area (Å²) in [6.07, 6.45) is 2.81. The lowest BCUT2D eigenvalue weighted by molar-refractivity contribution is 0.205. The summed E-state index contributed by atoms with van der Waals surface area (Å²) < 4.78 is 5.18. The van der Waals surface area contributed by atoms with Crippen LogP contribution < -0.4 is 10.2 Å². The molecule has 0 radical (unpaired) electrons. The summed E-state index contributed by atoms with van der Waals surface area (Å²) in [6.45, 7) is 4.01. The van der Waals surface area contributed by atoms with Crippen molar-refractivity contribution < 1.29 is 4.74 Å². The highest BCUT2D eigenvalue weighted by Gasteiger charge is 2.29. The maximum absolute atomic E-state index is 8.86. The van der Waals surface area contributed by atoms with Gasteiger partial charge in [-0.1, -0.05) is 0 Å². The molecule has 114 valence electrons. The highest BCUT2D eigenvalue weighted by Crippen LogP contribution is 2.40. The Morgan fingerprint density at radius 2 is 2.14 bits per heavy atom. The molecule has 6 nitrogen and oxygen atoms in total. The van der Waals surface area contributed by atoms with E-state index < -0.39 is 0 Å². The first-order valence-corrected chi connectivity index (χ1v) is 7.38. The number of anilines is 2. The van der Waals surface area contributed by atoms with Crippen LogP contribution in [0.1, 0.15) is 36.6 Å². The first-order valence-electron chi connectivity index (χ1n) is 7.38. The van der Waals surface area contributed by atoms with Gasteiger partial charge in [0.2, 0.25) is 0 Å². The molecule has 0 atom stereocenters. The topological polar surface area (TPSA) is 74.1 Å². The van der Waals surface area contributed by atoms with Crippen molar-refractivity contribution in [2.75, 3.05) is 44.1 Å². The molecule has 1 aliphatic carbocycles. The van der Waals surface area contributed by atoms with Crippen LogP contribution in [0.25, 0.3) is 0 Å². The van der Waals surface area contributed by atoms with Crippen molar-refractivity contribution in [3.63, 3.8) is 0 Å². The van der Waals surface area contributed by atoms with Crippen LogP contribution in [0.4, 0.5) is 11.6 Å². The molecule has 1 saturated carbocycles. The summed E-state index contributed by atoms with van der Waals surface area (Å²) in [7, 11) is 3.56. The minimum absolute atomic E-state index is 0.473. The van der Waals surface area contributed by atoms with E-state index >= 15 is 0 Å². The highest BCUT2D eigenvalue weighted by molar-refractivity contribution is 5.59. The Morgan fingerprint density at radius 3 is 2.71 bits per heavy atom. The van der Waals surface area contributed by atoms with E-state index in [0.717, 1.165) is 29.6 Å². The van der Waals surface area contributed by atoms with Crippen LogP contribution in [0.15, 0.2) is 0 Å². The van der Waals surface area contributed by atoms with Crippen LogP contribution >= 0.6 is 0 Å². The van der Waals surface area contributed by atoms with E-state index in [1.54, 1.807) is 7.11 Å². The van der Waals surface area contributed by atoms with Crippen LogP contribution in [0.2, 0.25) is 0 Å². The molecule has 2 rings (SSSR count). The predicted molar refractivity (Wildman–Crippen MR) is 82.6 cm³/mol. The first kappa shape index (κ1) is 15.5. The quantitative estimate of drug-likeness (QED) is 0.789. The van der Waals surface area contributed by atoms with E-state index in [1.807, 2.05) is 14.0 Å². The van der Waals surface area contributed by atoms with Gasteiger partial charge in [-0.05, 0) is 19.8 Å². The van der Waals surface area contributed by atoms with Crippen molar-refractivity contribution in [3.8, 4) is 6.07 Å². The molecule has 0 unspecified atom stereocenters. The third-order valence-electron chi connectivity index (χ3n) is 3.68. The Kier molecular flexibility index (Phi) is 5.34. The molecule has 0 aliphatic heterocycles. The molecule has 1 N–H and O–H groups in total. The van der Waals surface area contributed by atoms with Gasteiger partial charge < -0.3 is 15.0 Å². The molecule has 0 saturated heterocycles. The van der Waals surface area contributed by atoms with Crippen LogP contribution in [-0.4, -0.2) is 43.8 Å². The van der Waals surface area contributed by atoms with Gasteiger partial charge in [0.1, 0.15) is 17.5 Å². The van der Waals surface area contributed by atoms with Gasteiger partial charge in [0, 0.05) is 38.7 Å². The van der Waals surface area contributed by atoms with E-state index in [9.17, 15) is 0 Å². The summed E-state index contributed by atoms with van der Waals surface area (Å²) in [5, 5.41) is 12.0. The number of aromatic nitrogens is 2. The zero-order chi connectivity index (χ0) is 15.2. The standard InChI is InChI=1S/C15H23N5O/c1-11-13(17-2)18-14(12-5-6-12)19-15(11)20(8-4-7-16)9-10-21-3/h12H,4-6,8-10H2,1-3H3,(H,17,18,19). The molecular formula is C15H23N5O. The lowest BCUT2D eigenvalue weighted by Gasteiger charge is -2.25. The van der Waals surface area contributed by atoms with E-state index in [4.69, 9.17) is 15.0 Å². The highest BCUT2D eigenvalue weighted by atomic mass is 16.5. The Hall–Kier alpha value is -1.87. The average Bonchev–Trinajstić information content (AvgIpc) is 3.33. The summed E-state index contributed by atoms with van der Waals surface area (Å²) >= 11 is 0. The number of nitrogens with one attached hydrogen (secondary N) is 1. The lowest BCUT2D eigenvalue weighted by Crippen LogP contribution is -2.30. The van der Waals surface area contributed by atoms with Crippen molar-refractivity contribution in [1.82, 2.24) is 9.97 Å². The Balaban J connectivity index is 2.32. The fourth-order valence-electron chi connectivity index (χ4n) is 2.31. The van der Waals surface area contributed by atoms with Gasteiger partial charge >= 0.3 is 0 Å². The molecular weight excluding hydrogens is 266 g/mol. The zero-order valence-electron chi connectivity index (χ0n) is 13.0. The van der Waals surface area contributed by atoms with Crippen molar-refractivity contribution in [1.29, 1.82) is 5.26 Å². The smallest absolute Gasteiger partial charge is 0.137 e. The third-order valence-corrected chi connectivity index (χ3v) is 3.68. The number of ether oxygens (including phenoxy) is 1. The second kappa shape index (κ2) is 7.23. The normalized spacial score (nSPS) is 13.8. The fourth-order valence-corrected chi connectivity index (χ4v) is 2.31. The summed E-state index contributed by atoms with van der Waals surface area (Å²) in [6, 6.07) is 2.20. The van der Waals surface area contributed by atoms with Crippen LogP contribution in [0.3, 0.4) is 0 Å². The maximum atomic E-state index is 8.86. The number of hydrogen-bond donors (Lipinski definition) is 1. The number of nitrogens with zero attached hydrogens (tertiary/aromatic N) is 4. The van der Waals surface area contributed by atoms with Gasteiger partial charge in [0.25, 0.3) is 0 Å². The van der Waals surface area contributed by atoms with Gasteiger partial charge in [-0.15, -0.1) is 0 Å². The number of nitriles is 1. The van der Waals surface area contributed by atoms with E-state index in [2.05, 4.69) is 21.3 Å². The first-order chi connectivity index (χ1) is 10.2. The SMILES string of the molecule is CNc1nc(C2CC2)nc(N(CCC#N)CCOC)c1C. The second-order valence-electron chi connectivity index (χ2n) is 5.29. The van der Waals surface area contributed by atoms with E-state index in [0.29, 0.717) is 25.5 Å². The van der Waals surface area contributed by atoms with E-state index in [-0.39, 0.29) is 0 Å². The second-order valence-corrected chi connectivity index (χ2v) is 5.29. The average molecular weight is 289 g/mol. The molecule has 0 spiro atoms. The van der Waals surface area contributed by atoms with Gasteiger partial charge in [-0.2, -0.15) is 5.26 Å². The van der Waals surface area contributed by atoms with Crippen LogP contribution in [0.5, 0.6) is 0 Å².